The fourth-order valence-electron chi connectivity index (χ4n) is 2.25. The van der Waals surface area contributed by atoms with E-state index in [9.17, 15) is 28.0 Å². The molecule has 0 radical (unpaired) electrons. The van der Waals surface area contributed by atoms with Gasteiger partial charge in [0.05, 0.1) is 22.5 Å². The molecule has 26 heavy (non-hydrogen) atoms. The Morgan fingerprint density at radius 2 is 2.00 bits per heavy atom. The van der Waals surface area contributed by atoms with Crippen molar-refractivity contribution in [3.63, 3.8) is 0 Å². The summed E-state index contributed by atoms with van der Waals surface area (Å²) in [6, 6.07) is 4.54. The van der Waals surface area contributed by atoms with E-state index in [0.717, 1.165) is 13.3 Å². The third-order valence-corrected chi connectivity index (χ3v) is 3.74. The molecule has 2 aromatic rings. The fourth-order valence-corrected chi connectivity index (χ4v) is 2.45. The van der Waals surface area contributed by atoms with Gasteiger partial charge in [-0.3, -0.25) is 9.36 Å². The number of hydrogen-bond acceptors (Lipinski definition) is 5. The molecule has 7 nitrogen and oxygen atoms in total. The maximum Gasteiger partial charge on any atom is 0.431 e. The van der Waals surface area contributed by atoms with Crippen molar-refractivity contribution in [2.24, 2.45) is 12.2 Å². The molecule has 0 N–H and O–H groups in total. The lowest BCUT2D eigenvalue weighted by atomic mass is 10.1. The van der Waals surface area contributed by atoms with Crippen LogP contribution in [0.25, 0.3) is 5.69 Å². The number of hydrogen-bond donors (Lipinski definition) is 0. The summed E-state index contributed by atoms with van der Waals surface area (Å²) in [4.78, 5) is 29.2. The van der Waals surface area contributed by atoms with Crippen LogP contribution in [0.1, 0.15) is 16.8 Å². The van der Waals surface area contributed by atoms with Crippen molar-refractivity contribution in [3.05, 3.63) is 60.9 Å². The molecule has 1 aromatic carbocycles. The van der Waals surface area contributed by atoms with Crippen LogP contribution in [-0.4, -0.2) is 22.5 Å². The van der Waals surface area contributed by atoms with Gasteiger partial charge in [0.1, 0.15) is 18.9 Å². The van der Waals surface area contributed by atoms with Gasteiger partial charge in [-0.15, -0.1) is 0 Å². The third-order valence-electron chi connectivity index (χ3n) is 3.42. The summed E-state index contributed by atoms with van der Waals surface area (Å²) < 4.78 is 39.6. The number of halogens is 4. The van der Waals surface area contributed by atoms with Crippen LogP contribution in [0.2, 0.25) is 5.02 Å². The van der Waals surface area contributed by atoms with Crippen LogP contribution in [0.5, 0.6) is 0 Å². The molecule has 11 heteroatoms. The van der Waals surface area contributed by atoms with E-state index in [2.05, 4.69) is 9.99 Å². The van der Waals surface area contributed by atoms with Gasteiger partial charge >= 0.3 is 11.9 Å². The Bertz CT molecular complexity index is 1050. The van der Waals surface area contributed by atoms with Gasteiger partial charge in [-0.05, 0) is 12.1 Å². The molecule has 0 spiro atoms. The van der Waals surface area contributed by atoms with Crippen molar-refractivity contribution in [2.45, 2.75) is 6.18 Å². The second kappa shape index (κ2) is 7.05. The van der Waals surface area contributed by atoms with Crippen molar-refractivity contribution in [3.8, 4) is 11.8 Å². The average Bonchev–Trinajstić information content (AvgIpc) is 2.56. The van der Waals surface area contributed by atoms with E-state index >= 15 is 0 Å². The van der Waals surface area contributed by atoms with Gasteiger partial charge in [0.25, 0.3) is 5.56 Å². The van der Waals surface area contributed by atoms with Crippen LogP contribution in [0, 0.1) is 11.3 Å². The molecular formula is C15H10ClF3N4O3. The van der Waals surface area contributed by atoms with Gasteiger partial charge in [-0.25, -0.2) is 9.36 Å². The second-order valence-electron chi connectivity index (χ2n) is 4.93. The van der Waals surface area contributed by atoms with Crippen molar-refractivity contribution >= 4 is 17.8 Å². The zero-order chi connectivity index (χ0) is 19.6. The summed E-state index contributed by atoms with van der Waals surface area (Å²) in [5.41, 5.74) is -4.21. The standard InChI is InChI=1S/C15H10ClF3N4O3/c1-22-12(15(17,18)19)5-13(24)23(14(22)25)11-4-3-10(16)8(6-20)9(11)7-21-26-2/h3-5,7H,1-2H3. The number of oxime groups is 1. The maximum atomic E-state index is 13.0. The number of nitriles is 1. The largest absolute Gasteiger partial charge is 0.431 e. The molecule has 0 atom stereocenters. The summed E-state index contributed by atoms with van der Waals surface area (Å²) in [5, 5.41) is 12.7. The molecule has 0 fully saturated rings. The van der Waals surface area contributed by atoms with E-state index in [4.69, 9.17) is 11.6 Å². The Morgan fingerprint density at radius 1 is 1.35 bits per heavy atom. The summed E-state index contributed by atoms with van der Waals surface area (Å²) in [5.74, 6) is 0. The molecule has 0 aliphatic rings. The number of aromatic nitrogens is 2. The van der Waals surface area contributed by atoms with Crippen LogP contribution >= 0.6 is 11.6 Å². The van der Waals surface area contributed by atoms with Crippen LogP contribution in [0.15, 0.2) is 32.9 Å². The summed E-state index contributed by atoms with van der Waals surface area (Å²) >= 11 is 5.92. The van der Waals surface area contributed by atoms with Gasteiger partial charge in [-0.2, -0.15) is 18.4 Å². The van der Waals surface area contributed by atoms with Gasteiger partial charge in [0.2, 0.25) is 0 Å². The summed E-state index contributed by atoms with van der Waals surface area (Å²) in [7, 11) is 2.10. The molecule has 0 aliphatic heterocycles. The van der Waals surface area contributed by atoms with E-state index in [1.54, 1.807) is 6.07 Å². The van der Waals surface area contributed by atoms with E-state index < -0.39 is 23.1 Å². The first-order valence-corrected chi connectivity index (χ1v) is 7.21. The maximum absolute atomic E-state index is 13.0. The highest BCUT2D eigenvalue weighted by atomic mass is 35.5. The number of rotatable bonds is 3. The predicted octanol–water partition coefficient (Wildman–Crippen LogP) is 2.06. The lowest BCUT2D eigenvalue weighted by molar-refractivity contribution is -0.144. The number of benzene rings is 1. The minimum atomic E-state index is -4.88. The molecule has 0 amide bonds. The summed E-state index contributed by atoms with van der Waals surface area (Å²) in [6.07, 6.45) is -3.85. The molecule has 1 aromatic heterocycles. The van der Waals surface area contributed by atoms with Gasteiger partial charge in [-0.1, -0.05) is 16.8 Å². The van der Waals surface area contributed by atoms with Crippen molar-refractivity contribution in [2.75, 3.05) is 7.11 Å². The van der Waals surface area contributed by atoms with E-state index in [-0.39, 0.29) is 21.8 Å². The smallest absolute Gasteiger partial charge is 0.399 e. The highest BCUT2D eigenvalue weighted by molar-refractivity contribution is 6.32. The first-order chi connectivity index (χ1) is 12.1. The first-order valence-electron chi connectivity index (χ1n) is 6.83. The molecule has 1 heterocycles. The molecule has 2 rings (SSSR count). The Morgan fingerprint density at radius 3 is 2.54 bits per heavy atom. The lowest BCUT2D eigenvalue weighted by Gasteiger charge is -2.15. The van der Waals surface area contributed by atoms with Gasteiger partial charge < -0.3 is 4.84 Å². The van der Waals surface area contributed by atoms with Crippen molar-refractivity contribution in [1.29, 1.82) is 5.26 Å². The van der Waals surface area contributed by atoms with Crippen molar-refractivity contribution < 1.29 is 18.0 Å². The molecule has 0 aliphatic carbocycles. The van der Waals surface area contributed by atoms with Crippen molar-refractivity contribution in [1.82, 2.24) is 9.13 Å². The summed E-state index contributed by atoms with van der Waals surface area (Å²) in [6.45, 7) is 0. The number of nitrogens with zero attached hydrogens (tertiary/aromatic N) is 4. The van der Waals surface area contributed by atoms with Gasteiger partial charge in [0.15, 0.2) is 0 Å². The Labute approximate surface area is 149 Å². The van der Waals surface area contributed by atoms with Crippen LogP contribution < -0.4 is 11.2 Å². The monoisotopic (exact) mass is 386 g/mol. The predicted molar refractivity (Wildman–Crippen MR) is 86.6 cm³/mol. The molecule has 136 valence electrons. The van der Waals surface area contributed by atoms with Crippen LogP contribution in [0.4, 0.5) is 13.2 Å². The highest BCUT2D eigenvalue weighted by Gasteiger charge is 2.35. The average molecular weight is 387 g/mol. The van der Waals surface area contributed by atoms with Crippen LogP contribution in [-0.2, 0) is 18.1 Å². The van der Waals surface area contributed by atoms with E-state index in [0.29, 0.717) is 15.2 Å². The SMILES string of the molecule is CON=Cc1c(-n2c(=O)cc(C(F)(F)F)n(C)c2=O)ccc(Cl)c1C#N. The zero-order valence-electron chi connectivity index (χ0n) is 13.3. The fraction of sp³-hybridized carbons (Fsp3) is 0.200. The normalized spacial score (nSPS) is 11.6. The Kier molecular flexibility index (Phi) is 5.22. The molecule has 0 saturated carbocycles. The topological polar surface area (TPSA) is 89.4 Å². The molecule has 0 saturated heterocycles. The Balaban J connectivity index is 2.93. The third kappa shape index (κ3) is 3.34. The molecular weight excluding hydrogens is 377 g/mol. The Hall–Kier alpha value is -3.06. The minimum absolute atomic E-state index is 0.00517. The lowest BCUT2D eigenvalue weighted by Crippen LogP contribution is -2.41. The number of alkyl halides is 3. The highest BCUT2D eigenvalue weighted by Crippen LogP contribution is 2.27. The second-order valence-corrected chi connectivity index (χ2v) is 5.33. The molecule has 0 bridgehead atoms. The minimum Gasteiger partial charge on any atom is -0.399 e. The van der Waals surface area contributed by atoms with E-state index in [1.807, 2.05) is 0 Å². The van der Waals surface area contributed by atoms with Crippen LogP contribution in [0.3, 0.4) is 0 Å². The van der Waals surface area contributed by atoms with E-state index in [1.165, 1.54) is 19.2 Å². The zero-order valence-corrected chi connectivity index (χ0v) is 14.1. The van der Waals surface area contributed by atoms with Gasteiger partial charge in [0, 0.05) is 18.7 Å². The first kappa shape index (κ1) is 19.3. The quantitative estimate of drug-likeness (QED) is 0.596. The molecule has 0 unspecified atom stereocenters.